The van der Waals surface area contributed by atoms with Crippen molar-refractivity contribution in [3.63, 3.8) is 0 Å². The molecule has 0 radical (unpaired) electrons. The predicted molar refractivity (Wildman–Crippen MR) is 73.1 cm³/mol. The lowest BCUT2D eigenvalue weighted by Crippen LogP contribution is -2.19. The van der Waals surface area contributed by atoms with Crippen molar-refractivity contribution in [2.24, 2.45) is 0 Å². The fraction of sp³-hybridized carbons (Fsp3) is 0.333. The van der Waals surface area contributed by atoms with E-state index in [0.29, 0.717) is 0 Å². The van der Waals surface area contributed by atoms with E-state index in [9.17, 15) is 4.39 Å². The van der Waals surface area contributed by atoms with E-state index in [0.717, 1.165) is 37.0 Å². The van der Waals surface area contributed by atoms with Crippen LogP contribution in [0.25, 0.3) is 16.5 Å². The van der Waals surface area contributed by atoms with Gasteiger partial charge in [0.2, 0.25) is 0 Å². The lowest BCUT2D eigenvalue weighted by atomic mass is 9.96. The molecule has 0 saturated heterocycles. The van der Waals surface area contributed by atoms with Gasteiger partial charge in [-0.2, -0.15) is 0 Å². The zero-order valence-corrected chi connectivity index (χ0v) is 10.5. The Balaban J connectivity index is 2.21. The summed E-state index contributed by atoms with van der Waals surface area (Å²) in [6, 6.07) is 3.24. The number of fused-ring (bicyclic) bond motifs is 1. The second-order valence-corrected chi connectivity index (χ2v) is 4.73. The van der Waals surface area contributed by atoms with Crippen LogP contribution >= 0.6 is 0 Å². The summed E-state index contributed by atoms with van der Waals surface area (Å²) in [6.07, 6.45) is 6.13. The van der Waals surface area contributed by atoms with E-state index in [1.165, 1.54) is 16.5 Å². The maximum Gasteiger partial charge on any atom is 0.125 e. The lowest BCUT2D eigenvalue weighted by molar-refractivity contribution is 0.627. The largest absolute Gasteiger partial charge is 0.360 e. The zero-order valence-electron chi connectivity index (χ0n) is 10.5. The third-order valence-corrected chi connectivity index (χ3v) is 3.62. The van der Waals surface area contributed by atoms with Gasteiger partial charge in [0.1, 0.15) is 5.82 Å². The number of halogens is 1. The average Bonchev–Trinajstić information content (AvgIpc) is 2.82. The van der Waals surface area contributed by atoms with Gasteiger partial charge in [-0.3, -0.25) is 0 Å². The SMILES string of the molecule is CCc1cc(F)cc2[nH]cc(C3=CCNCC3)c12. The van der Waals surface area contributed by atoms with Crippen molar-refractivity contribution in [3.05, 3.63) is 41.3 Å². The first-order chi connectivity index (χ1) is 8.79. The standard InChI is InChI=1S/C15H17FN2/c1-2-10-7-12(16)8-14-15(10)13(9-18-14)11-3-5-17-6-4-11/h3,7-9,17-18H,2,4-6H2,1H3. The van der Waals surface area contributed by atoms with Crippen molar-refractivity contribution in [2.45, 2.75) is 19.8 Å². The van der Waals surface area contributed by atoms with Crippen LogP contribution in [0.2, 0.25) is 0 Å². The van der Waals surface area contributed by atoms with Gasteiger partial charge in [-0.1, -0.05) is 13.0 Å². The van der Waals surface area contributed by atoms with Gasteiger partial charge < -0.3 is 10.3 Å². The molecule has 2 heterocycles. The van der Waals surface area contributed by atoms with Gasteiger partial charge in [0.25, 0.3) is 0 Å². The predicted octanol–water partition coefficient (Wildman–Crippen LogP) is 3.25. The van der Waals surface area contributed by atoms with E-state index >= 15 is 0 Å². The van der Waals surface area contributed by atoms with Gasteiger partial charge in [-0.25, -0.2) is 4.39 Å². The Bertz CT molecular complexity index is 610. The highest BCUT2D eigenvalue weighted by Crippen LogP contribution is 2.31. The molecule has 0 unspecified atom stereocenters. The minimum Gasteiger partial charge on any atom is -0.360 e. The normalized spacial score (nSPS) is 16.0. The van der Waals surface area contributed by atoms with Crippen LogP contribution in [0.5, 0.6) is 0 Å². The summed E-state index contributed by atoms with van der Waals surface area (Å²) in [5, 5.41) is 4.50. The molecule has 2 nitrogen and oxygen atoms in total. The Morgan fingerprint density at radius 3 is 2.94 bits per heavy atom. The molecule has 0 spiro atoms. The molecular formula is C15H17FN2. The van der Waals surface area contributed by atoms with Crippen molar-refractivity contribution in [1.82, 2.24) is 10.3 Å². The molecule has 3 heteroatoms. The number of aromatic amines is 1. The fourth-order valence-corrected chi connectivity index (χ4v) is 2.72. The smallest absolute Gasteiger partial charge is 0.125 e. The first-order valence-electron chi connectivity index (χ1n) is 6.49. The number of hydrogen-bond donors (Lipinski definition) is 2. The molecule has 0 amide bonds. The quantitative estimate of drug-likeness (QED) is 0.834. The van der Waals surface area contributed by atoms with Crippen LogP contribution in [0.4, 0.5) is 4.39 Å². The molecular weight excluding hydrogens is 227 g/mol. The molecule has 1 aromatic carbocycles. The molecule has 0 fully saturated rings. The van der Waals surface area contributed by atoms with E-state index in [-0.39, 0.29) is 5.82 Å². The van der Waals surface area contributed by atoms with Crippen LogP contribution < -0.4 is 5.32 Å². The number of benzene rings is 1. The van der Waals surface area contributed by atoms with Crippen LogP contribution in [0.15, 0.2) is 24.4 Å². The Labute approximate surface area is 106 Å². The summed E-state index contributed by atoms with van der Waals surface area (Å²) in [7, 11) is 0. The molecule has 3 rings (SSSR count). The molecule has 1 aliphatic rings. The zero-order chi connectivity index (χ0) is 12.5. The van der Waals surface area contributed by atoms with Crippen LogP contribution in [-0.2, 0) is 6.42 Å². The topological polar surface area (TPSA) is 27.8 Å². The van der Waals surface area contributed by atoms with E-state index in [1.54, 1.807) is 12.1 Å². The minimum atomic E-state index is -0.160. The molecule has 2 aromatic rings. The molecule has 0 bridgehead atoms. The molecule has 1 aromatic heterocycles. The Kier molecular flexibility index (Phi) is 2.92. The summed E-state index contributed by atoms with van der Waals surface area (Å²) in [6.45, 7) is 4.01. The van der Waals surface area contributed by atoms with Crippen molar-refractivity contribution < 1.29 is 4.39 Å². The second kappa shape index (κ2) is 4.58. The van der Waals surface area contributed by atoms with Crippen LogP contribution in [0.1, 0.15) is 24.5 Å². The van der Waals surface area contributed by atoms with Crippen LogP contribution in [-0.4, -0.2) is 18.1 Å². The van der Waals surface area contributed by atoms with Crippen molar-refractivity contribution in [3.8, 4) is 0 Å². The van der Waals surface area contributed by atoms with Crippen LogP contribution in [0, 0.1) is 5.82 Å². The highest BCUT2D eigenvalue weighted by Gasteiger charge is 2.14. The second-order valence-electron chi connectivity index (χ2n) is 4.73. The minimum absolute atomic E-state index is 0.160. The van der Waals surface area contributed by atoms with Gasteiger partial charge in [-0.05, 0) is 42.7 Å². The van der Waals surface area contributed by atoms with E-state index in [2.05, 4.69) is 23.3 Å². The third-order valence-electron chi connectivity index (χ3n) is 3.62. The number of hydrogen-bond acceptors (Lipinski definition) is 1. The van der Waals surface area contributed by atoms with E-state index < -0.39 is 0 Å². The summed E-state index contributed by atoms with van der Waals surface area (Å²) in [4.78, 5) is 3.20. The van der Waals surface area contributed by atoms with Gasteiger partial charge in [0.15, 0.2) is 0 Å². The highest BCUT2D eigenvalue weighted by atomic mass is 19.1. The molecule has 94 valence electrons. The monoisotopic (exact) mass is 244 g/mol. The fourth-order valence-electron chi connectivity index (χ4n) is 2.72. The average molecular weight is 244 g/mol. The maximum absolute atomic E-state index is 13.5. The molecule has 1 aliphatic heterocycles. The Morgan fingerprint density at radius 1 is 1.33 bits per heavy atom. The summed E-state index contributed by atoms with van der Waals surface area (Å²) < 4.78 is 13.5. The summed E-state index contributed by atoms with van der Waals surface area (Å²) in [5.41, 5.74) is 4.59. The Hall–Kier alpha value is -1.61. The highest BCUT2D eigenvalue weighted by molar-refractivity contribution is 5.95. The Morgan fingerprint density at radius 2 is 2.22 bits per heavy atom. The molecule has 0 atom stereocenters. The van der Waals surface area contributed by atoms with Crippen molar-refractivity contribution in [1.29, 1.82) is 0 Å². The van der Waals surface area contributed by atoms with Crippen LogP contribution in [0.3, 0.4) is 0 Å². The lowest BCUT2D eigenvalue weighted by Gasteiger charge is -2.14. The summed E-state index contributed by atoms with van der Waals surface area (Å²) in [5.74, 6) is -0.160. The van der Waals surface area contributed by atoms with Crippen molar-refractivity contribution in [2.75, 3.05) is 13.1 Å². The molecule has 2 N–H and O–H groups in total. The maximum atomic E-state index is 13.5. The van der Waals surface area contributed by atoms with Gasteiger partial charge >= 0.3 is 0 Å². The first-order valence-corrected chi connectivity index (χ1v) is 6.49. The number of nitrogens with one attached hydrogen (secondary N) is 2. The number of rotatable bonds is 2. The number of H-pyrrole nitrogens is 1. The van der Waals surface area contributed by atoms with Gasteiger partial charge in [0.05, 0.1) is 0 Å². The summed E-state index contributed by atoms with van der Waals surface area (Å²) >= 11 is 0. The first kappa shape index (κ1) is 11.5. The number of aryl methyl sites for hydroxylation is 1. The van der Waals surface area contributed by atoms with E-state index in [4.69, 9.17) is 0 Å². The molecule has 0 saturated carbocycles. The van der Waals surface area contributed by atoms with E-state index in [1.807, 2.05) is 6.20 Å². The molecule has 18 heavy (non-hydrogen) atoms. The third kappa shape index (κ3) is 1.85. The number of aromatic nitrogens is 1. The van der Waals surface area contributed by atoms with Gasteiger partial charge in [0, 0.05) is 29.2 Å². The van der Waals surface area contributed by atoms with Crippen molar-refractivity contribution >= 4 is 16.5 Å². The molecule has 0 aliphatic carbocycles. The van der Waals surface area contributed by atoms with Gasteiger partial charge in [-0.15, -0.1) is 0 Å².